The zero-order valence-corrected chi connectivity index (χ0v) is 14.3. The van der Waals surface area contributed by atoms with Gasteiger partial charge in [-0.1, -0.05) is 0 Å². The highest BCUT2D eigenvalue weighted by atomic mass is 16.6. The second-order valence-electron chi connectivity index (χ2n) is 6.19. The Balaban J connectivity index is 1.71. The average molecular weight is 365 g/mol. The number of nitrogens with zero attached hydrogens (tertiary/aromatic N) is 1. The molecule has 1 amide bonds. The highest BCUT2D eigenvalue weighted by molar-refractivity contribution is 5.83. The van der Waals surface area contributed by atoms with E-state index in [4.69, 9.17) is 4.74 Å². The van der Waals surface area contributed by atoms with Crippen molar-refractivity contribution >= 4 is 23.3 Å². The molecule has 0 bridgehead atoms. The van der Waals surface area contributed by atoms with E-state index in [0.717, 1.165) is 18.5 Å². The zero-order chi connectivity index (χ0) is 18.9. The van der Waals surface area contributed by atoms with Gasteiger partial charge < -0.3 is 20.5 Å². The summed E-state index contributed by atoms with van der Waals surface area (Å²) in [5.74, 6) is -1.56. The second kappa shape index (κ2) is 9.71. The van der Waals surface area contributed by atoms with Crippen LogP contribution in [0.25, 0.3) is 0 Å². The summed E-state index contributed by atoms with van der Waals surface area (Å²) in [6.07, 6.45) is 2.22. The third-order valence-corrected chi connectivity index (χ3v) is 4.24. The number of nitrogens with one attached hydrogen (secondary N) is 2. The Hall–Kier alpha value is -2.68. The van der Waals surface area contributed by atoms with E-state index < -0.39 is 16.9 Å². The summed E-state index contributed by atoms with van der Waals surface area (Å²) in [6, 6.07) is 5.08. The number of nitro benzene ring substituents is 1. The third kappa shape index (κ3) is 5.99. The van der Waals surface area contributed by atoms with Crippen molar-refractivity contribution in [2.24, 2.45) is 5.92 Å². The molecule has 1 heterocycles. The Morgan fingerprint density at radius 3 is 2.65 bits per heavy atom. The van der Waals surface area contributed by atoms with Gasteiger partial charge in [0.2, 0.25) is 5.91 Å². The number of carboxylic acids is 1. The number of hydrogen-bond donors (Lipinski definition) is 3. The van der Waals surface area contributed by atoms with Gasteiger partial charge in [0.05, 0.1) is 11.5 Å². The van der Waals surface area contributed by atoms with Gasteiger partial charge in [0.1, 0.15) is 6.04 Å². The van der Waals surface area contributed by atoms with Crippen LogP contribution in [0.4, 0.5) is 11.4 Å². The van der Waals surface area contributed by atoms with Crippen LogP contribution in [0.5, 0.6) is 0 Å². The van der Waals surface area contributed by atoms with Crippen LogP contribution in [0.3, 0.4) is 0 Å². The molecule has 0 spiro atoms. The van der Waals surface area contributed by atoms with Crippen molar-refractivity contribution in [2.45, 2.75) is 31.7 Å². The van der Waals surface area contributed by atoms with E-state index >= 15 is 0 Å². The van der Waals surface area contributed by atoms with Gasteiger partial charge in [-0.25, -0.2) is 4.79 Å². The molecule has 1 aromatic carbocycles. The van der Waals surface area contributed by atoms with E-state index in [2.05, 4.69) is 10.6 Å². The van der Waals surface area contributed by atoms with E-state index in [9.17, 15) is 24.8 Å². The summed E-state index contributed by atoms with van der Waals surface area (Å²) in [5.41, 5.74) is 0.736. The summed E-state index contributed by atoms with van der Waals surface area (Å²) in [7, 11) is 0. The fourth-order valence-corrected chi connectivity index (χ4v) is 2.84. The molecule has 9 nitrogen and oxygen atoms in total. The Morgan fingerprint density at radius 2 is 2.08 bits per heavy atom. The first-order valence-corrected chi connectivity index (χ1v) is 8.55. The maximum atomic E-state index is 12.0. The molecule has 0 aromatic heterocycles. The monoisotopic (exact) mass is 365 g/mol. The molecule has 1 aliphatic rings. The van der Waals surface area contributed by atoms with Crippen LogP contribution in [0, 0.1) is 16.0 Å². The predicted octanol–water partition coefficient (Wildman–Crippen LogP) is 1.78. The molecule has 9 heteroatoms. The highest BCUT2D eigenvalue weighted by Crippen LogP contribution is 2.18. The number of carboxylic acid groups (broad SMARTS) is 1. The SMILES string of the molecule is O=C(CCCNc1ccc([N+](=O)[O-])cc1)NC(C(=O)O)C1CCCOC1. The number of benzene rings is 1. The molecule has 2 unspecified atom stereocenters. The van der Waals surface area contributed by atoms with E-state index in [-0.39, 0.29) is 23.9 Å². The van der Waals surface area contributed by atoms with Crippen molar-refractivity contribution in [3.8, 4) is 0 Å². The minimum Gasteiger partial charge on any atom is -0.480 e. The minimum absolute atomic E-state index is 0.0151. The summed E-state index contributed by atoms with van der Waals surface area (Å²) in [6.45, 7) is 1.47. The second-order valence-corrected chi connectivity index (χ2v) is 6.19. The molecule has 3 N–H and O–H groups in total. The van der Waals surface area contributed by atoms with Crippen LogP contribution < -0.4 is 10.6 Å². The Bertz CT molecular complexity index is 628. The largest absolute Gasteiger partial charge is 0.480 e. The molecule has 1 aliphatic heterocycles. The number of anilines is 1. The molecular formula is C17H23N3O6. The van der Waals surface area contributed by atoms with E-state index in [1.165, 1.54) is 12.1 Å². The number of non-ortho nitro benzene ring substituents is 1. The Kier molecular flexibility index (Phi) is 7.34. The predicted molar refractivity (Wildman–Crippen MR) is 93.9 cm³/mol. The maximum Gasteiger partial charge on any atom is 0.326 e. The lowest BCUT2D eigenvalue weighted by molar-refractivity contribution is -0.384. The van der Waals surface area contributed by atoms with Crippen LogP contribution in [0.1, 0.15) is 25.7 Å². The van der Waals surface area contributed by atoms with Gasteiger partial charge in [0, 0.05) is 43.3 Å². The number of amides is 1. The standard InChI is InChI=1S/C17H23N3O6/c21-15(19-16(17(22)23)12-3-2-10-26-11-12)4-1-9-18-13-5-7-14(8-6-13)20(24)25/h5-8,12,16,18H,1-4,9-11H2,(H,19,21)(H,22,23). The molecule has 2 rings (SSSR count). The van der Waals surface area contributed by atoms with Crippen LogP contribution >= 0.6 is 0 Å². The number of hydrogen-bond acceptors (Lipinski definition) is 6. The Labute approximate surface area is 150 Å². The van der Waals surface area contributed by atoms with Crippen LogP contribution in [-0.4, -0.2) is 47.7 Å². The number of aliphatic carboxylic acids is 1. The number of rotatable bonds is 9. The number of ether oxygens (including phenoxy) is 1. The van der Waals surface area contributed by atoms with Gasteiger partial charge in [0.25, 0.3) is 5.69 Å². The number of carbonyl (C=O) groups excluding carboxylic acids is 1. The summed E-state index contributed by atoms with van der Waals surface area (Å²) in [4.78, 5) is 33.5. The molecule has 142 valence electrons. The molecule has 1 aromatic rings. The van der Waals surface area contributed by atoms with Crippen molar-refractivity contribution in [3.05, 3.63) is 34.4 Å². The van der Waals surface area contributed by atoms with Gasteiger partial charge in [-0.3, -0.25) is 14.9 Å². The zero-order valence-electron chi connectivity index (χ0n) is 14.3. The molecule has 0 aliphatic carbocycles. The molecular weight excluding hydrogens is 342 g/mol. The minimum atomic E-state index is -1.04. The summed E-state index contributed by atoms with van der Waals surface area (Å²) in [5, 5.41) is 25.6. The molecule has 0 saturated carbocycles. The topological polar surface area (TPSA) is 131 Å². The lowest BCUT2D eigenvalue weighted by atomic mass is 9.93. The smallest absolute Gasteiger partial charge is 0.326 e. The average Bonchev–Trinajstić information content (AvgIpc) is 2.64. The Morgan fingerprint density at radius 1 is 1.35 bits per heavy atom. The van der Waals surface area contributed by atoms with Crippen molar-refractivity contribution < 1.29 is 24.4 Å². The summed E-state index contributed by atoms with van der Waals surface area (Å²) >= 11 is 0. The van der Waals surface area contributed by atoms with E-state index in [0.29, 0.717) is 26.2 Å². The highest BCUT2D eigenvalue weighted by Gasteiger charge is 2.31. The quantitative estimate of drug-likeness (QED) is 0.345. The van der Waals surface area contributed by atoms with Gasteiger partial charge in [0.15, 0.2) is 0 Å². The third-order valence-electron chi connectivity index (χ3n) is 4.24. The number of nitro groups is 1. The fourth-order valence-electron chi connectivity index (χ4n) is 2.84. The van der Waals surface area contributed by atoms with Crippen molar-refractivity contribution in [1.82, 2.24) is 5.32 Å². The van der Waals surface area contributed by atoms with Gasteiger partial charge in [-0.05, 0) is 31.4 Å². The maximum absolute atomic E-state index is 12.0. The first-order valence-electron chi connectivity index (χ1n) is 8.55. The van der Waals surface area contributed by atoms with Crippen LogP contribution in [0.2, 0.25) is 0 Å². The van der Waals surface area contributed by atoms with Crippen molar-refractivity contribution in [2.75, 3.05) is 25.1 Å². The van der Waals surface area contributed by atoms with Crippen molar-refractivity contribution in [1.29, 1.82) is 0 Å². The van der Waals surface area contributed by atoms with E-state index in [1.807, 2.05) is 0 Å². The van der Waals surface area contributed by atoms with Crippen LogP contribution in [-0.2, 0) is 14.3 Å². The molecule has 1 fully saturated rings. The fraction of sp³-hybridized carbons (Fsp3) is 0.529. The summed E-state index contributed by atoms with van der Waals surface area (Å²) < 4.78 is 5.30. The normalized spacial score (nSPS) is 17.9. The molecule has 2 atom stereocenters. The van der Waals surface area contributed by atoms with Gasteiger partial charge in [-0.15, -0.1) is 0 Å². The first kappa shape index (κ1) is 19.6. The van der Waals surface area contributed by atoms with Gasteiger partial charge in [-0.2, -0.15) is 0 Å². The van der Waals surface area contributed by atoms with Gasteiger partial charge >= 0.3 is 5.97 Å². The lowest BCUT2D eigenvalue weighted by Gasteiger charge is -2.28. The van der Waals surface area contributed by atoms with E-state index in [1.54, 1.807) is 12.1 Å². The number of carbonyl (C=O) groups is 2. The first-order chi connectivity index (χ1) is 12.5. The molecule has 1 saturated heterocycles. The van der Waals surface area contributed by atoms with Crippen molar-refractivity contribution in [3.63, 3.8) is 0 Å². The lowest BCUT2D eigenvalue weighted by Crippen LogP contribution is -2.48. The molecule has 0 radical (unpaired) electrons. The molecule has 26 heavy (non-hydrogen) atoms. The van der Waals surface area contributed by atoms with Crippen LogP contribution in [0.15, 0.2) is 24.3 Å².